The molecule has 3 amide bonds. The number of nitrogens with one attached hydrogen (secondary N) is 2. The maximum absolute atomic E-state index is 13.0. The van der Waals surface area contributed by atoms with Crippen LogP contribution in [0.3, 0.4) is 0 Å². The fourth-order valence-corrected chi connectivity index (χ4v) is 5.86. The van der Waals surface area contributed by atoms with E-state index in [-0.39, 0.29) is 21.6 Å². The minimum atomic E-state index is -3.62. The topological polar surface area (TPSA) is 113 Å². The van der Waals surface area contributed by atoms with Gasteiger partial charge in [-0.3, -0.25) is 19.7 Å². The van der Waals surface area contributed by atoms with Gasteiger partial charge in [-0.15, -0.1) is 0 Å². The summed E-state index contributed by atoms with van der Waals surface area (Å²) in [6.45, 7) is 5.07. The van der Waals surface area contributed by atoms with E-state index in [0.717, 1.165) is 6.42 Å². The molecule has 2 aromatic carbocycles. The predicted octanol–water partition coefficient (Wildman–Crippen LogP) is 2.49. The van der Waals surface area contributed by atoms with E-state index in [4.69, 9.17) is 0 Å². The lowest BCUT2D eigenvalue weighted by molar-refractivity contribution is 0.0878. The number of amides is 3. The fraction of sp³-hybridized carbons (Fsp3) is 0.318. The van der Waals surface area contributed by atoms with Crippen molar-refractivity contribution in [3.05, 3.63) is 59.2 Å². The molecule has 0 spiro atoms. The summed E-state index contributed by atoms with van der Waals surface area (Å²) in [5.74, 6) is -0.824. The number of nitrogens with zero attached hydrogens (tertiary/aromatic N) is 1. The number of carbonyl (C=O) groups is 3. The molecular weight excluding hydrogens is 418 g/mol. The Balaban J connectivity index is 1.49. The van der Waals surface area contributed by atoms with E-state index in [9.17, 15) is 22.8 Å². The van der Waals surface area contributed by atoms with Crippen molar-refractivity contribution < 1.29 is 22.8 Å². The summed E-state index contributed by atoms with van der Waals surface area (Å²) in [6, 6.07) is 10.2. The minimum absolute atomic E-state index is 0.151. The number of benzene rings is 2. The highest BCUT2D eigenvalue weighted by Crippen LogP contribution is 2.27. The number of piperidine rings is 1. The molecule has 1 fully saturated rings. The van der Waals surface area contributed by atoms with Crippen LogP contribution in [-0.2, 0) is 10.0 Å². The summed E-state index contributed by atoms with van der Waals surface area (Å²) in [5.41, 5.74) is 1.11. The molecule has 0 saturated carbocycles. The van der Waals surface area contributed by atoms with Gasteiger partial charge in [0, 0.05) is 24.3 Å². The Morgan fingerprint density at radius 3 is 2.23 bits per heavy atom. The molecular formula is C22H23N3O5S. The summed E-state index contributed by atoms with van der Waals surface area (Å²) < 4.78 is 27.5. The van der Waals surface area contributed by atoms with Gasteiger partial charge in [-0.2, -0.15) is 4.31 Å². The van der Waals surface area contributed by atoms with E-state index in [2.05, 4.69) is 10.6 Å². The molecule has 31 heavy (non-hydrogen) atoms. The maximum Gasteiger partial charge on any atom is 0.259 e. The number of anilines is 1. The fourth-order valence-electron chi connectivity index (χ4n) is 4.18. The molecule has 162 valence electrons. The Morgan fingerprint density at radius 1 is 0.968 bits per heavy atom. The highest BCUT2D eigenvalue weighted by Gasteiger charge is 2.32. The lowest BCUT2D eigenvalue weighted by Crippen LogP contribution is -2.42. The molecule has 0 radical (unpaired) electrons. The van der Waals surface area contributed by atoms with E-state index in [0.29, 0.717) is 30.6 Å². The highest BCUT2D eigenvalue weighted by molar-refractivity contribution is 7.89. The van der Waals surface area contributed by atoms with Gasteiger partial charge in [-0.25, -0.2) is 8.42 Å². The molecule has 8 nitrogen and oxygen atoms in total. The zero-order valence-corrected chi connectivity index (χ0v) is 18.0. The highest BCUT2D eigenvalue weighted by atomic mass is 32.2. The second-order valence-corrected chi connectivity index (χ2v) is 10.2. The van der Waals surface area contributed by atoms with Gasteiger partial charge in [0.2, 0.25) is 10.0 Å². The number of hydrogen-bond acceptors (Lipinski definition) is 5. The van der Waals surface area contributed by atoms with E-state index >= 15 is 0 Å². The van der Waals surface area contributed by atoms with Crippen molar-refractivity contribution >= 4 is 33.4 Å². The molecule has 0 aromatic heterocycles. The SMILES string of the molecule is C[C@@H]1C[C@@H](C)CN(S(=O)(=O)c2ccc(C(=O)Nc3ccc4c(c3)C(=O)NC4=O)cc2)C1. The third-order valence-corrected chi connectivity index (χ3v) is 7.43. The molecule has 9 heteroatoms. The van der Waals surface area contributed by atoms with Gasteiger partial charge in [0.05, 0.1) is 16.0 Å². The van der Waals surface area contributed by atoms with Gasteiger partial charge in [-0.1, -0.05) is 13.8 Å². The lowest BCUT2D eigenvalue weighted by atomic mass is 9.94. The van der Waals surface area contributed by atoms with Crippen molar-refractivity contribution in [2.45, 2.75) is 25.2 Å². The predicted molar refractivity (Wildman–Crippen MR) is 114 cm³/mol. The van der Waals surface area contributed by atoms with Crippen LogP contribution in [0.25, 0.3) is 0 Å². The molecule has 2 N–H and O–H groups in total. The second kappa shape index (κ2) is 7.90. The Labute approximate surface area is 180 Å². The Kier molecular flexibility index (Phi) is 5.40. The molecule has 4 rings (SSSR count). The molecule has 0 aliphatic carbocycles. The Bertz CT molecular complexity index is 1160. The third kappa shape index (κ3) is 4.11. The van der Waals surface area contributed by atoms with E-state index in [1.54, 1.807) is 0 Å². The standard InChI is InChI=1S/C22H23N3O5S/c1-13-9-14(2)12-25(11-13)31(29,30)17-6-3-15(4-7-17)20(26)23-16-5-8-18-19(10-16)22(28)24-21(18)27/h3-8,10,13-14H,9,11-12H2,1-2H3,(H,23,26)(H,24,27,28)/t13-,14-/m1/s1. The summed E-state index contributed by atoms with van der Waals surface area (Å²) in [4.78, 5) is 36.1. The normalized spacial score (nSPS) is 21.5. The first-order valence-corrected chi connectivity index (χ1v) is 11.5. The molecule has 2 aliphatic rings. The van der Waals surface area contributed by atoms with Gasteiger partial charge in [0.15, 0.2) is 0 Å². The number of carbonyl (C=O) groups excluding carboxylic acids is 3. The van der Waals surface area contributed by atoms with Gasteiger partial charge in [0.1, 0.15) is 0 Å². The second-order valence-electron chi connectivity index (χ2n) is 8.29. The molecule has 2 heterocycles. The monoisotopic (exact) mass is 441 g/mol. The number of sulfonamides is 1. The molecule has 0 unspecified atom stereocenters. The van der Waals surface area contributed by atoms with E-state index in [1.807, 2.05) is 13.8 Å². The van der Waals surface area contributed by atoms with Crippen LogP contribution >= 0.6 is 0 Å². The Morgan fingerprint density at radius 2 is 1.58 bits per heavy atom. The molecule has 0 bridgehead atoms. The van der Waals surface area contributed by atoms with Crippen LogP contribution in [0.2, 0.25) is 0 Å². The zero-order chi connectivity index (χ0) is 22.3. The van der Waals surface area contributed by atoms with Crippen LogP contribution in [0, 0.1) is 11.8 Å². The summed E-state index contributed by atoms with van der Waals surface area (Å²) >= 11 is 0. The van der Waals surface area contributed by atoms with Crippen molar-refractivity contribution in [3.8, 4) is 0 Å². The lowest BCUT2D eigenvalue weighted by Gasteiger charge is -2.34. The van der Waals surface area contributed by atoms with Crippen LogP contribution in [0.15, 0.2) is 47.4 Å². The minimum Gasteiger partial charge on any atom is -0.322 e. The first-order valence-electron chi connectivity index (χ1n) is 10.1. The summed E-state index contributed by atoms with van der Waals surface area (Å²) in [5, 5.41) is 4.86. The average molecular weight is 442 g/mol. The quantitative estimate of drug-likeness (QED) is 0.708. The van der Waals surface area contributed by atoms with Crippen molar-refractivity contribution in [1.29, 1.82) is 0 Å². The number of hydrogen-bond donors (Lipinski definition) is 2. The van der Waals surface area contributed by atoms with Crippen LogP contribution in [0.1, 0.15) is 51.3 Å². The molecule has 2 aliphatic heterocycles. The number of imide groups is 1. The van der Waals surface area contributed by atoms with Gasteiger partial charge >= 0.3 is 0 Å². The average Bonchev–Trinajstić information content (AvgIpc) is 3.00. The largest absolute Gasteiger partial charge is 0.322 e. The molecule has 2 aromatic rings. The van der Waals surface area contributed by atoms with Crippen LogP contribution in [-0.4, -0.2) is 43.5 Å². The first-order chi connectivity index (χ1) is 14.6. The first kappa shape index (κ1) is 21.2. The molecule has 2 atom stereocenters. The van der Waals surface area contributed by atoms with Crippen LogP contribution in [0.4, 0.5) is 5.69 Å². The third-order valence-electron chi connectivity index (χ3n) is 5.58. The van der Waals surface area contributed by atoms with Crippen molar-refractivity contribution in [2.75, 3.05) is 18.4 Å². The van der Waals surface area contributed by atoms with E-state index < -0.39 is 27.7 Å². The zero-order valence-electron chi connectivity index (χ0n) is 17.2. The smallest absolute Gasteiger partial charge is 0.259 e. The van der Waals surface area contributed by atoms with Crippen molar-refractivity contribution in [1.82, 2.24) is 9.62 Å². The van der Waals surface area contributed by atoms with Crippen molar-refractivity contribution in [2.24, 2.45) is 11.8 Å². The van der Waals surface area contributed by atoms with Crippen molar-refractivity contribution in [3.63, 3.8) is 0 Å². The van der Waals surface area contributed by atoms with Gasteiger partial charge in [-0.05, 0) is 60.7 Å². The number of rotatable bonds is 4. The molecule has 1 saturated heterocycles. The maximum atomic E-state index is 13.0. The Hall–Kier alpha value is -3.04. The van der Waals surface area contributed by atoms with E-state index in [1.165, 1.54) is 46.8 Å². The van der Waals surface area contributed by atoms with Crippen LogP contribution in [0.5, 0.6) is 0 Å². The van der Waals surface area contributed by atoms with Gasteiger partial charge < -0.3 is 5.32 Å². The van der Waals surface area contributed by atoms with Crippen LogP contribution < -0.4 is 10.6 Å². The summed E-state index contributed by atoms with van der Waals surface area (Å²) in [6.07, 6.45) is 1.00. The number of fused-ring (bicyclic) bond motifs is 1. The summed E-state index contributed by atoms with van der Waals surface area (Å²) in [7, 11) is -3.62. The van der Waals surface area contributed by atoms with Gasteiger partial charge in [0.25, 0.3) is 17.7 Å².